The van der Waals surface area contributed by atoms with E-state index in [0.717, 1.165) is 13.0 Å². The first kappa shape index (κ1) is 18.7. The van der Waals surface area contributed by atoms with Crippen LogP contribution < -0.4 is 10.6 Å². The highest BCUT2D eigenvalue weighted by Gasteiger charge is 2.35. The van der Waals surface area contributed by atoms with Crippen LogP contribution in [0, 0.1) is 0 Å². The lowest BCUT2D eigenvalue weighted by atomic mass is 10.1. The number of nitrogens with zero attached hydrogens (tertiary/aromatic N) is 4. The van der Waals surface area contributed by atoms with Crippen LogP contribution in [-0.4, -0.2) is 89.8 Å². The summed E-state index contributed by atoms with van der Waals surface area (Å²) in [5, 5.41) is 6.05. The summed E-state index contributed by atoms with van der Waals surface area (Å²) in [4.78, 5) is 32.5. The van der Waals surface area contributed by atoms with Crippen LogP contribution in [0.1, 0.15) is 12.8 Å². The first-order valence-electron chi connectivity index (χ1n) is 9.20. The van der Waals surface area contributed by atoms with Crippen molar-refractivity contribution < 1.29 is 14.3 Å². The van der Waals surface area contributed by atoms with Gasteiger partial charge in [0.25, 0.3) is 0 Å². The molecule has 0 radical (unpaired) electrons. The number of likely N-dealkylation sites (N-methyl/N-ethyl adjacent to an activating group) is 1. The molecule has 0 saturated carbocycles. The monoisotopic (exact) mass is 364 g/mol. The maximum atomic E-state index is 12.4. The number of ether oxygens (including phenoxy) is 1. The standard InChI is InChI=1S/C17H28N6O3/c1-21-12-14(20-17(25)23-7-9-26-10-8-23)11-15(21)16(24)19-3-2-5-22-6-4-18-13-22/h4,6,13-15H,2-3,5,7-12H2,1H3,(H,19,24)(H,20,25)/t14-,15-/m0/s1. The second-order valence-corrected chi connectivity index (χ2v) is 6.88. The van der Waals surface area contributed by atoms with Gasteiger partial charge in [0, 0.05) is 51.2 Å². The smallest absolute Gasteiger partial charge is 0.317 e. The van der Waals surface area contributed by atoms with E-state index in [1.807, 2.05) is 22.7 Å². The number of amides is 3. The highest BCUT2D eigenvalue weighted by atomic mass is 16.5. The molecule has 3 heterocycles. The van der Waals surface area contributed by atoms with Crippen molar-refractivity contribution in [2.45, 2.75) is 31.5 Å². The van der Waals surface area contributed by atoms with E-state index in [-0.39, 0.29) is 24.0 Å². The summed E-state index contributed by atoms with van der Waals surface area (Å²) in [5.74, 6) is 0.0289. The van der Waals surface area contributed by atoms with Crippen molar-refractivity contribution in [3.05, 3.63) is 18.7 Å². The lowest BCUT2D eigenvalue weighted by Crippen LogP contribution is -2.49. The molecule has 3 rings (SSSR count). The number of likely N-dealkylation sites (tertiary alicyclic amines) is 1. The predicted molar refractivity (Wildman–Crippen MR) is 95.6 cm³/mol. The Morgan fingerprint density at radius 3 is 2.85 bits per heavy atom. The Morgan fingerprint density at radius 2 is 2.12 bits per heavy atom. The van der Waals surface area contributed by atoms with Crippen LogP contribution in [0.5, 0.6) is 0 Å². The fourth-order valence-electron chi connectivity index (χ4n) is 3.45. The average Bonchev–Trinajstić information content (AvgIpc) is 3.29. The van der Waals surface area contributed by atoms with Gasteiger partial charge < -0.3 is 24.8 Å². The number of aryl methyl sites for hydroxylation is 1. The molecule has 2 atom stereocenters. The van der Waals surface area contributed by atoms with Crippen LogP contribution in [-0.2, 0) is 16.1 Å². The van der Waals surface area contributed by atoms with Crippen molar-refractivity contribution in [3.63, 3.8) is 0 Å². The Balaban J connectivity index is 1.38. The van der Waals surface area contributed by atoms with Crippen LogP contribution in [0.15, 0.2) is 18.7 Å². The third kappa shape index (κ3) is 4.95. The van der Waals surface area contributed by atoms with Gasteiger partial charge in [-0.2, -0.15) is 0 Å². The van der Waals surface area contributed by atoms with Crippen molar-refractivity contribution in [2.75, 3.05) is 46.4 Å². The van der Waals surface area contributed by atoms with Gasteiger partial charge in [0.15, 0.2) is 0 Å². The number of aromatic nitrogens is 2. The summed E-state index contributed by atoms with van der Waals surface area (Å²) in [5.41, 5.74) is 0. The Labute approximate surface area is 153 Å². The molecular weight excluding hydrogens is 336 g/mol. The van der Waals surface area contributed by atoms with Gasteiger partial charge in [0.05, 0.1) is 25.6 Å². The topological polar surface area (TPSA) is 91.7 Å². The Morgan fingerprint density at radius 1 is 1.31 bits per heavy atom. The largest absolute Gasteiger partial charge is 0.378 e. The van der Waals surface area contributed by atoms with E-state index < -0.39 is 0 Å². The van der Waals surface area contributed by atoms with E-state index in [1.165, 1.54) is 0 Å². The molecule has 9 heteroatoms. The van der Waals surface area contributed by atoms with Crippen molar-refractivity contribution >= 4 is 11.9 Å². The molecule has 144 valence electrons. The molecule has 0 spiro atoms. The summed E-state index contributed by atoms with van der Waals surface area (Å²) in [7, 11) is 1.93. The number of nitrogens with one attached hydrogen (secondary N) is 2. The lowest BCUT2D eigenvalue weighted by molar-refractivity contribution is -0.125. The molecule has 9 nitrogen and oxygen atoms in total. The minimum Gasteiger partial charge on any atom is -0.378 e. The quantitative estimate of drug-likeness (QED) is 0.665. The summed E-state index contributed by atoms with van der Waals surface area (Å²) in [6.07, 6.45) is 6.93. The minimum atomic E-state index is -0.196. The Kier molecular flexibility index (Phi) is 6.45. The van der Waals surface area contributed by atoms with Gasteiger partial charge >= 0.3 is 6.03 Å². The van der Waals surface area contributed by atoms with Gasteiger partial charge in [-0.1, -0.05) is 0 Å². The number of hydrogen-bond donors (Lipinski definition) is 2. The second-order valence-electron chi connectivity index (χ2n) is 6.88. The number of urea groups is 1. The van der Waals surface area contributed by atoms with Gasteiger partial charge in [0.1, 0.15) is 0 Å². The van der Waals surface area contributed by atoms with Crippen LogP contribution in [0.3, 0.4) is 0 Å². The normalized spacial score (nSPS) is 23.8. The van der Waals surface area contributed by atoms with E-state index in [2.05, 4.69) is 15.6 Å². The molecule has 26 heavy (non-hydrogen) atoms. The fourth-order valence-corrected chi connectivity index (χ4v) is 3.45. The third-order valence-corrected chi connectivity index (χ3v) is 4.93. The maximum Gasteiger partial charge on any atom is 0.317 e. The molecule has 2 aliphatic heterocycles. The van der Waals surface area contributed by atoms with Gasteiger partial charge in [-0.25, -0.2) is 9.78 Å². The lowest BCUT2D eigenvalue weighted by Gasteiger charge is -2.28. The Hall–Kier alpha value is -2.13. The molecule has 2 saturated heterocycles. The molecule has 3 amide bonds. The zero-order chi connectivity index (χ0) is 18.4. The molecule has 1 aromatic heterocycles. The molecular formula is C17H28N6O3. The molecule has 0 unspecified atom stereocenters. The molecule has 1 aromatic rings. The Bertz CT molecular complexity index is 587. The highest BCUT2D eigenvalue weighted by molar-refractivity contribution is 5.82. The molecule has 0 aliphatic carbocycles. The van der Waals surface area contributed by atoms with E-state index in [0.29, 0.717) is 45.8 Å². The number of morpholine rings is 1. The van der Waals surface area contributed by atoms with Gasteiger partial charge in [0.2, 0.25) is 5.91 Å². The van der Waals surface area contributed by atoms with Crippen molar-refractivity contribution in [1.29, 1.82) is 0 Å². The van der Waals surface area contributed by atoms with Crippen LogP contribution in [0.2, 0.25) is 0 Å². The van der Waals surface area contributed by atoms with Crippen LogP contribution in [0.25, 0.3) is 0 Å². The van der Waals surface area contributed by atoms with Crippen molar-refractivity contribution in [2.24, 2.45) is 0 Å². The summed E-state index contributed by atoms with van der Waals surface area (Å²) in [6.45, 7) is 4.56. The molecule has 2 fully saturated rings. The molecule has 2 aliphatic rings. The predicted octanol–water partition coefficient (Wildman–Crippen LogP) is -0.496. The van der Waals surface area contributed by atoms with E-state index in [4.69, 9.17) is 4.74 Å². The maximum absolute atomic E-state index is 12.4. The number of hydrogen-bond acceptors (Lipinski definition) is 5. The number of carbonyl (C=O) groups excluding carboxylic acids is 2. The molecule has 2 N–H and O–H groups in total. The van der Waals surface area contributed by atoms with E-state index >= 15 is 0 Å². The van der Waals surface area contributed by atoms with Crippen molar-refractivity contribution in [1.82, 2.24) is 30.0 Å². The zero-order valence-corrected chi connectivity index (χ0v) is 15.3. The van der Waals surface area contributed by atoms with Gasteiger partial charge in [-0.15, -0.1) is 0 Å². The molecule has 0 aromatic carbocycles. The van der Waals surface area contributed by atoms with Gasteiger partial charge in [-0.05, 0) is 19.9 Å². The van der Waals surface area contributed by atoms with Crippen molar-refractivity contribution in [3.8, 4) is 0 Å². The summed E-state index contributed by atoms with van der Waals surface area (Å²) < 4.78 is 7.26. The van der Waals surface area contributed by atoms with Gasteiger partial charge in [-0.3, -0.25) is 9.69 Å². The summed E-state index contributed by atoms with van der Waals surface area (Å²) in [6, 6.07) is -0.261. The number of rotatable bonds is 6. The average molecular weight is 364 g/mol. The minimum absolute atomic E-state index is 0.00274. The third-order valence-electron chi connectivity index (χ3n) is 4.93. The highest BCUT2D eigenvalue weighted by Crippen LogP contribution is 2.16. The molecule has 0 bridgehead atoms. The van der Waals surface area contributed by atoms with Crippen LogP contribution in [0.4, 0.5) is 4.79 Å². The van der Waals surface area contributed by atoms with Crippen LogP contribution >= 0.6 is 0 Å². The summed E-state index contributed by atoms with van der Waals surface area (Å²) >= 11 is 0. The zero-order valence-electron chi connectivity index (χ0n) is 15.3. The van der Waals surface area contributed by atoms with E-state index in [1.54, 1.807) is 17.4 Å². The second kappa shape index (κ2) is 9.00. The first-order chi connectivity index (χ1) is 12.6. The fraction of sp³-hybridized carbons (Fsp3) is 0.706. The van der Waals surface area contributed by atoms with E-state index in [9.17, 15) is 9.59 Å². The number of carbonyl (C=O) groups is 2. The number of imidazole rings is 1. The SMILES string of the molecule is CN1C[C@@H](NC(=O)N2CCOCC2)C[C@H]1C(=O)NCCCn1ccnc1. The first-order valence-corrected chi connectivity index (χ1v) is 9.20.